The second-order valence-corrected chi connectivity index (χ2v) is 5.15. The zero-order chi connectivity index (χ0) is 13.7. The summed E-state index contributed by atoms with van der Waals surface area (Å²) in [5.41, 5.74) is 3.86. The fourth-order valence-corrected chi connectivity index (χ4v) is 2.10. The highest BCUT2D eigenvalue weighted by molar-refractivity contribution is 5.33. The van der Waals surface area contributed by atoms with Crippen LogP contribution in [0.25, 0.3) is 0 Å². The third-order valence-electron chi connectivity index (χ3n) is 3.39. The Balaban J connectivity index is 2.02. The van der Waals surface area contributed by atoms with E-state index in [2.05, 4.69) is 57.2 Å². The van der Waals surface area contributed by atoms with Crippen molar-refractivity contribution in [2.24, 2.45) is 0 Å². The van der Waals surface area contributed by atoms with Crippen LogP contribution in [0.2, 0.25) is 0 Å². The summed E-state index contributed by atoms with van der Waals surface area (Å²) in [5.74, 6) is 1.58. The first kappa shape index (κ1) is 13.7. The molecule has 19 heavy (non-hydrogen) atoms. The summed E-state index contributed by atoms with van der Waals surface area (Å²) in [7, 11) is 0. The van der Waals surface area contributed by atoms with Gasteiger partial charge in [0.25, 0.3) is 0 Å². The van der Waals surface area contributed by atoms with Gasteiger partial charge in [0.2, 0.25) is 0 Å². The van der Waals surface area contributed by atoms with Gasteiger partial charge in [0.1, 0.15) is 12.4 Å². The number of ether oxygens (including phenoxy) is 1. The summed E-state index contributed by atoms with van der Waals surface area (Å²) < 4.78 is 5.91. The Morgan fingerprint density at radius 2 is 1.63 bits per heavy atom. The first-order chi connectivity index (χ1) is 9.20. The van der Waals surface area contributed by atoms with Crippen molar-refractivity contribution >= 4 is 0 Å². The fourth-order valence-electron chi connectivity index (χ4n) is 2.10. The van der Waals surface area contributed by atoms with Crippen LogP contribution in [0.5, 0.6) is 5.75 Å². The summed E-state index contributed by atoms with van der Waals surface area (Å²) in [6, 6.07) is 16.9. The molecule has 0 aliphatic rings. The predicted molar refractivity (Wildman–Crippen MR) is 80.7 cm³/mol. The number of rotatable bonds is 5. The Morgan fingerprint density at radius 1 is 0.947 bits per heavy atom. The average molecular weight is 254 g/mol. The van der Waals surface area contributed by atoms with Crippen LogP contribution in [-0.4, -0.2) is 0 Å². The Kier molecular flexibility index (Phi) is 4.62. The molecule has 0 unspecified atom stereocenters. The van der Waals surface area contributed by atoms with Crippen molar-refractivity contribution in [1.82, 2.24) is 0 Å². The molecule has 2 rings (SSSR count). The molecule has 0 saturated heterocycles. The number of para-hydroxylation sites is 1. The Morgan fingerprint density at radius 3 is 2.26 bits per heavy atom. The van der Waals surface area contributed by atoms with Crippen LogP contribution in [0.15, 0.2) is 48.5 Å². The van der Waals surface area contributed by atoms with E-state index < -0.39 is 0 Å². The standard InChI is InChI=1S/C18H22O/c1-4-16-7-5-6-8-18(16)19-13-15-9-11-17(12-10-15)14(2)3/h5-12,14H,4,13H2,1-3H3. The number of aryl methyl sites for hydroxylation is 1. The molecule has 0 radical (unpaired) electrons. The maximum Gasteiger partial charge on any atom is 0.122 e. The summed E-state index contributed by atoms with van der Waals surface area (Å²) in [4.78, 5) is 0. The molecule has 0 aliphatic carbocycles. The molecule has 2 aromatic carbocycles. The van der Waals surface area contributed by atoms with Gasteiger partial charge >= 0.3 is 0 Å². The lowest BCUT2D eigenvalue weighted by Crippen LogP contribution is -1.98. The maximum atomic E-state index is 5.91. The molecule has 0 bridgehead atoms. The Labute approximate surface area is 116 Å². The minimum absolute atomic E-state index is 0.579. The third kappa shape index (κ3) is 3.60. The van der Waals surface area contributed by atoms with Crippen molar-refractivity contribution in [2.45, 2.75) is 39.7 Å². The summed E-state index contributed by atoms with van der Waals surface area (Å²) >= 11 is 0. The lowest BCUT2D eigenvalue weighted by atomic mass is 10.0. The molecule has 1 heteroatoms. The van der Waals surface area contributed by atoms with Crippen molar-refractivity contribution in [2.75, 3.05) is 0 Å². The Bertz CT molecular complexity index is 511. The average Bonchev–Trinajstić information content (AvgIpc) is 2.45. The molecule has 0 N–H and O–H groups in total. The van der Waals surface area contributed by atoms with Crippen LogP contribution in [0.4, 0.5) is 0 Å². The second kappa shape index (κ2) is 6.42. The van der Waals surface area contributed by atoms with Gasteiger partial charge in [0.15, 0.2) is 0 Å². The van der Waals surface area contributed by atoms with Crippen LogP contribution in [0.1, 0.15) is 43.4 Å². The van der Waals surface area contributed by atoms with Crippen molar-refractivity contribution < 1.29 is 4.74 Å². The zero-order valence-corrected chi connectivity index (χ0v) is 12.0. The highest BCUT2D eigenvalue weighted by atomic mass is 16.5. The molecule has 0 aliphatic heterocycles. The highest BCUT2D eigenvalue weighted by Crippen LogP contribution is 2.20. The van der Waals surface area contributed by atoms with E-state index in [4.69, 9.17) is 4.74 Å². The first-order valence-electron chi connectivity index (χ1n) is 7.00. The minimum atomic E-state index is 0.579. The topological polar surface area (TPSA) is 9.23 Å². The van der Waals surface area contributed by atoms with Crippen LogP contribution in [0.3, 0.4) is 0 Å². The van der Waals surface area contributed by atoms with Gasteiger partial charge in [-0.2, -0.15) is 0 Å². The monoisotopic (exact) mass is 254 g/mol. The molecule has 2 aromatic rings. The van der Waals surface area contributed by atoms with E-state index in [0.717, 1.165) is 12.2 Å². The fraction of sp³-hybridized carbons (Fsp3) is 0.333. The quantitative estimate of drug-likeness (QED) is 0.733. The molecular weight excluding hydrogens is 232 g/mol. The number of hydrogen-bond donors (Lipinski definition) is 0. The smallest absolute Gasteiger partial charge is 0.122 e. The third-order valence-corrected chi connectivity index (χ3v) is 3.39. The molecule has 0 heterocycles. The molecule has 0 fully saturated rings. The molecule has 0 amide bonds. The van der Waals surface area contributed by atoms with E-state index in [1.54, 1.807) is 0 Å². The minimum Gasteiger partial charge on any atom is -0.489 e. The van der Waals surface area contributed by atoms with E-state index in [-0.39, 0.29) is 0 Å². The summed E-state index contributed by atoms with van der Waals surface area (Å²) in [6.45, 7) is 7.21. The van der Waals surface area contributed by atoms with E-state index in [0.29, 0.717) is 12.5 Å². The zero-order valence-electron chi connectivity index (χ0n) is 12.0. The lowest BCUT2D eigenvalue weighted by molar-refractivity contribution is 0.303. The number of hydrogen-bond acceptors (Lipinski definition) is 1. The van der Waals surface area contributed by atoms with Gasteiger partial charge in [-0.25, -0.2) is 0 Å². The van der Waals surface area contributed by atoms with Crippen LogP contribution in [-0.2, 0) is 13.0 Å². The van der Waals surface area contributed by atoms with E-state index >= 15 is 0 Å². The number of benzene rings is 2. The van der Waals surface area contributed by atoms with Gasteiger partial charge in [-0.1, -0.05) is 63.2 Å². The van der Waals surface area contributed by atoms with Gasteiger partial charge < -0.3 is 4.74 Å². The summed E-state index contributed by atoms with van der Waals surface area (Å²) in [6.07, 6.45) is 1.00. The van der Waals surface area contributed by atoms with Crippen LogP contribution < -0.4 is 4.74 Å². The van der Waals surface area contributed by atoms with Crippen molar-refractivity contribution in [3.63, 3.8) is 0 Å². The summed E-state index contributed by atoms with van der Waals surface area (Å²) in [5, 5.41) is 0. The highest BCUT2D eigenvalue weighted by Gasteiger charge is 2.02. The molecule has 0 saturated carbocycles. The molecule has 100 valence electrons. The predicted octanol–water partition coefficient (Wildman–Crippen LogP) is 4.95. The molecule has 0 spiro atoms. The molecule has 0 aromatic heterocycles. The molecular formula is C18H22O. The van der Waals surface area contributed by atoms with Crippen molar-refractivity contribution in [1.29, 1.82) is 0 Å². The van der Waals surface area contributed by atoms with E-state index in [1.807, 2.05) is 12.1 Å². The van der Waals surface area contributed by atoms with Crippen molar-refractivity contribution in [3.05, 3.63) is 65.2 Å². The van der Waals surface area contributed by atoms with Crippen LogP contribution >= 0.6 is 0 Å². The Hall–Kier alpha value is -1.76. The molecule has 1 nitrogen and oxygen atoms in total. The second-order valence-electron chi connectivity index (χ2n) is 5.15. The van der Waals surface area contributed by atoms with Gasteiger partial charge in [-0.05, 0) is 35.1 Å². The first-order valence-corrected chi connectivity index (χ1v) is 7.00. The van der Waals surface area contributed by atoms with Gasteiger partial charge in [0, 0.05) is 0 Å². The van der Waals surface area contributed by atoms with Gasteiger partial charge in [-0.15, -0.1) is 0 Å². The lowest BCUT2D eigenvalue weighted by Gasteiger charge is -2.11. The SMILES string of the molecule is CCc1ccccc1OCc1ccc(C(C)C)cc1. The van der Waals surface area contributed by atoms with Gasteiger partial charge in [-0.3, -0.25) is 0 Å². The van der Waals surface area contributed by atoms with Crippen LogP contribution in [0, 0.1) is 0 Å². The van der Waals surface area contributed by atoms with Crippen molar-refractivity contribution in [3.8, 4) is 5.75 Å². The van der Waals surface area contributed by atoms with Gasteiger partial charge in [0.05, 0.1) is 0 Å². The van der Waals surface area contributed by atoms with E-state index in [9.17, 15) is 0 Å². The molecule has 0 atom stereocenters. The maximum absolute atomic E-state index is 5.91. The van der Waals surface area contributed by atoms with E-state index in [1.165, 1.54) is 16.7 Å². The largest absolute Gasteiger partial charge is 0.489 e. The normalized spacial score (nSPS) is 10.7.